The Morgan fingerprint density at radius 2 is 1.76 bits per heavy atom. The molecule has 156 valence electrons. The molecular weight excluding hydrogens is 366 g/mol. The number of ether oxygens (including phenoxy) is 2. The van der Waals surface area contributed by atoms with Gasteiger partial charge in [-0.15, -0.1) is 0 Å². The molecule has 2 aromatic rings. The fourth-order valence-electron chi connectivity index (χ4n) is 4.59. The van der Waals surface area contributed by atoms with Crippen LogP contribution in [0.2, 0.25) is 0 Å². The maximum absolute atomic E-state index is 6.12. The van der Waals surface area contributed by atoms with E-state index in [1.165, 1.54) is 44.7 Å². The highest BCUT2D eigenvalue weighted by atomic mass is 16.5. The van der Waals surface area contributed by atoms with Gasteiger partial charge in [-0.3, -0.25) is 4.90 Å². The summed E-state index contributed by atoms with van der Waals surface area (Å²) in [7, 11) is 0. The maximum Gasteiger partial charge on any atom is 0.224 e. The molecule has 29 heavy (non-hydrogen) atoms. The molecular formula is C22H31N5O2. The summed E-state index contributed by atoms with van der Waals surface area (Å²) in [5.41, 5.74) is 2.17. The molecule has 3 fully saturated rings. The van der Waals surface area contributed by atoms with Crippen LogP contribution in [0.3, 0.4) is 0 Å². The van der Waals surface area contributed by atoms with Crippen molar-refractivity contribution >= 4 is 16.6 Å². The molecule has 1 unspecified atom stereocenters. The number of likely N-dealkylation sites (tertiary alicyclic amines) is 1. The van der Waals surface area contributed by atoms with E-state index in [1.54, 1.807) is 6.33 Å². The summed E-state index contributed by atoms with van der Waals surface area (Å²) in [6.07, 6.45) is 5.35. The first kappa shape index (κ1) is 19.0. The molecule has 0 amide bonds. The molecule has 4 heterocycles. The van der Waals surface area contributed by atoms with Gasteiger partial charge >= 0.3 is 0 Å². The average molecular weight is 398 g/mol. The fourth-order valence-corrected chi connectivity index (χ4v) is 4.59. The Labute approximate surface area is 172 Å². The first-order valence-electron chi connectivity index (χ1n) is 11.0. The zero-order valence-corrected chi connectivity index (χ0v) is 17.1. The van der Waals surface area contributed by atoms with Crippen LogP contribution in [0.15, 0.2) is 24.5 Å². The molecule has 5 rings (SSSR count). The number of aromatic nitrogens is 2. The van der Waals surface area contributed by atoms with Gasteiger partial charge in [0.15, 0.2) is 0 Å². The third-order valence-electron chi connectivity index (χ3n) is 6.42. The fraction of sp³-hybridized carbons (Fsp3) is 0.636. The average Bonchev–Trinajstić information content (AvgIpc) is 3.47. The SMILES string of the molecule is c1nc(OC2CCOC2)c2cc(N3CCN(CCN4CCCC4)CC3)ccc2n1. The van der Waals surface area contributed by atoms with E-state index in [0.717, 1.165) is 50.1 Å². The van der Waals surface area contributed by atoms with Crippen LogP contribution >= 0.6 is 0 Å². The summed E-state index contributed by atoms with van der Waals surface area (Å²) < 4.78 is 11.6. The van der Waals surface area contributed by atoms with Gasteiger partial charge in [-0.2, -0.15) is 0 Å². The molecule has 7 heteroatoms. The van der Waals surface area contributed by atoms with E-state index in [9.17, 15) is 0 Å². The minimum Gasteiger partial charge on any atom is -0.471 e. The molecule has 1 aromatic carbocycles. The topological polar surface area (TPSA) is 54.0 Å². The summed E-state index contributed by atoms with van der Waals surface area (Å²) in [5, 5.41) is 0.994. The molecule has 0 aliphatic carbocycles. The number of benzene rings is 1. The third kappa shape index (κ3) is 4.47. The van der Waals surface area contributed by atoms with Gasteiger partial charge in [0, 0.05) is 51.4 Å². The van der Waals surface area contributed by atoms with E-state index in [0.29, 0.717) is 12.5 Å². The van der Waals surface area contributed by atoms with Gasteiger partial charge in [0.2, 0.25) is 5.88 Å². The van der Waals surface area contributed by atoms with Crippen molar-refractivity contribution in [3.05, 3.63) is 24.5 Å². The van der Waals surface area contributed by atoms with Gasteiger partial charge in [-0.05, 0) is 44.1 Å². The quantitative estimate of drug-likeness (QED) is 0.739. The number of fused-ring (bicyclic) bond motifs is 1. The van der Waals surface area contributed by atoms with E-state index in [-0.39, 0.29) is 6.10 Å². The van der Waals surface area contributed by atoms with Crippen LogP contribution < -0.4 is 9.64 Å². The molecule has 0 radical (unpaired) electrons. The Bertz CT molecular complexity index is 812. The summed E-state index contributed by atoms with van der Waals surface area (Å²) in [4.78, 5) is 16.5. The summed E-state index contributed by atoms with van der Waals surface area (Å²) >= 11 is 0. The monoisotopic (exact) mass is 397 g/mol. The first-order valence-corrected chi connectivity index (χ1v) is 11.0. The minimum absolute atomic E-state index is 0.0934. The second-order valence-electron chi connectivity index (χ2n) is 8.36. The molecule has 3 saturated heterocycles. The molecule has 0 saturated carbocycles. The van der Waals surface area contributed by atoms with Gasteiger partial charge in [0.1, 0.15) is 12.4 Å². The third-order valence-corrected chi connectivity index (χ3v) is 6.42. The second-order valence-corrected chi connectivity index (χ2v) is 8.36. The van der Waals surface area contributed by atoms with E-state index >= 15 is 0 Å². The van der Waals surface area contributed by atoms with Crippen LogP contribution in [0, 0.1) is 0 Å². The van der Waals surface area contributed by atoms with Crippen molar-refractivity contribution in [2.45, 2.75) is 25.4 Å². The molecule has 1 atom stereocenters. The lowest BCUT2D eigenvalue weighted by Crippen LogP contribution is -2.48. The van der Waals surface area contributed by atoms with Gasteiger partial charge in [-0.1, -0.05) is 0 Å². The largest absolute Gasteiger partial charge is 0.471 e. The van der Waals surface area contributed by atoms with Gasteiger partial charge in [0.05, 0.1) is 24.1 Å². The lowest BCUT2D eigenvalue weighted by atomic mass is 10.2. The van der Waals surface area contributed by atoms with Crippen molar-refractivity contribution in [2.75, 3.05) is 70.5 Å². The highest BCUT2D eigenvalue weighted by molar-refractivity contribution is 5.86. The standard InChI is InChI=1S/C22H31N5O2/c1-2-7-25(6-1)8-9-26-10-12-27(13-11-26)18-3-4-21-20(15-18)22(24-17-23-21)29-19-5-14-28-16-19/h3-4,15,17,19H,1-2,5-14,16H2. The molecule has 0 bridgehead atoms. The zero-order valence-electron chi connectivity index (χ0n) is 17.1. The Morgan fingerprint density at radius 1 is 0.966 bits per heavy atom. The number of nitrogens with zero attached hydrogens (tertiary/aromatic N) is 5. The highest BCUT2D eigenvalue weighted by Crippen LogP contribution is 2.28. The van der Waals surface area contributed by atoms with Crippen molar-refractivity contribution in [1.82, 2.24) is 19.8 Å². The van der Waals surface area contributed by atoms with Crippen LogP contribution in [0.1, 0.15) is 19.3 Å². The van der Waals surface area contributed by atoms with Crippen molar-refractivity contribution in [2.24, 2.45) is 0 Å². The normalized spacial score (nSPS) is 23.9. The van der Waals surface area contributed by atoms with Crippen LogP contribution in [0.5, 0.6) is 5.88 Å². The molecule has 0 spiro atoms. The summed E-state index contributed by atoms with van der Waals surface area (Å²) in [6.45, 7) is 10.8. The second kappa shape index (κ2) is 8.81. The number of rotatable bonds is 6. The van der Waals surface area contributed by atoms with Crippen molar-refractivity contribution in [3.8, 4) is 5.88 Å². The minimum atomic E-state index is 0.0934. The molecule has 7 nitrogen and oxygen atoms in total. The van der Waals surface area contributed by atoms with Gasteiger partial charge in [-0.25, -0.2) is 9.97 Å². The smallest absolute Gasteiger partial charge is 0.224 e. The summed E-state index contributed by atoms with van der Waals surface area (Å²) in [5.74, 6) is 0.677. The number of anilines is 1. The van der Waals surface area contributed by atoms with Crippen molar-refractivity contribution < 1.29 is 9.47 Å². The maximum atomic E-state index is 6.12. The number of hydrogen-bond donors (Lipinski definition) is 0. The summed E-state index contributed by atoms with van der Waals surface area (Å²) in [6, 6.07) is 6.46. The predicted octanol–water partition coefficient (Wildman–Crippen LogP) is 2.02. The Balaban J connectivity index is 1.23. The molecule has 3 aliphatic heterocycles. The first-order chi connectivity index (χ1) is 14.3. The van der Waals surface area contributed by atoms with Gasteiger partial charge in [0.25, 0.3) is 0 Å². The number of hydrogen-bond acceptors (Lipinski definition) is 7. The Kier molecular flexibility index (Phi) is 5.78. The van der Waals surface area contributed by atoms with E-state index in [2.05, 4.69) is 42.9 Å². The molecule has 0 N–H and O–H groups in total. The molecule has 3 aliphatic rings. The van der Waals surface area contributed by atoms with Crippen LogP contribution in [-0.2, 0) is 4.74 Å². The van der Waals surface area contributed by atoms with Crippen LogP contribution in [0.4, 0.5) is 5.69 Å². The van der Waals surface area contributed by atoms with Crippen molar-refractivity contribution in [3.63, 3.8) is 0 Å². The predicted molar refractivity (Wildman–Crippen MR) is 114 cm³/mol. The van der Waals surface area contributed by atoms with Crippen LogP contribution in [-0.4, -0.2) is 91.4 Å². The van der Waals surface area contributed by atoms with E-state index in [1.807, 2.05) is 0 Å². The highest BCUT2D eigenvalue weighted by Gasteiger charge is 2.21. The molecule has 1 aromatic heterocycles. The lowest BCUT2D eigenvalue weighted by Gasteiger charge is -2.36. The zero-order chi connectivity index (χ0) is 19.5. The Hall–Kier alpha value is -1.96. The Morgan fingerprint density at radius 3 is 2.52 bits per heavy atom. The van der Waals surface area contributed by atoms with Gasteiger partial charge < -0.3 is 19.3 Å². The van der Waals surface area contributed by atoms with Crippen molar-refractivity contribution in [1.29, 1.82) is 0 Å². The number of piperazine rings is 1. The lowest BCUT2D eigenvalue weighted by molar-refractivity contribution is 0.139. The van der Waals surface area contributed by atoms with Crippen LogP contribution in [0.25, 0.3) is 10.9 Å². The van der Waals surface area contributed by atoms with E-state index < -0.39 is 0 Å². The van der Waals surface area contributed by atoms with E-state index in [4.69, 9.17) is 9.47 Å².